The van der Waals surface area contributed by atoms with E-state index in [0.29, 0.717) is 0 Å². The number of thiophene rings is 1. The van der Waals surface area contributed by atoms with Crippen molar-refractivity contribution in [2.45, 2.75) is 40.2 Å². The predicted octanol–water partition coefficient (Wildman–Crippen LogP) is 4.78. The Morgan fingerprint density at radius 2 is 1.88 bits per heavy atom. The SMILES string of the molecule is CC(C)=CCCC(C)=Cc1ccc(COCP(=O)(O)CP(=O)(O)O)s1. The van der Waals surface area contributed by atoms with Crippen molar-refractivity contribution in [3.63, 3.8) is 0 Å². The summed E-state index contributed by atoms with van der Waals surface area (Å²) in [5, 5.41) is 0. The van der Waals surface area contributed by atoms with Crippen LogP contribution >= 0.6 is 26.3 Å². The summed E-state index contributed by atoms with van der Waals surface area (Å²) >= 11 is 1.52. The molecule has 0 saturated heterocycles. The third kappa shape index (κ3) is 10.9. The van der Waals surface area contributed by atoms with Gasteiger partial charge in [-0.2, -0.15) is 0 Å². The van der Waals surface area contributed by atoms with Crippen molar-refractivity contribution in [1.82, 2.24) is 0 Å². The number of hydrogen-bond acceptors (Lipinski definition) is 4. The van der Waals surface area contributed by atoms with E-state index in [0.717, 1.165) is 22.6 Å². The van der Waals surface area contributed by atoms with Gasteiger partial charge in [-0.25, -0.2) is 0 Å². The first-order valence-electron chi connectivity index (χ1n) is 7.79. The normalized spacial score (nSPS) is 15.0. The Morgan fingerprint density at radius 1 is 1.20 bits per heavy atom. The fraction of sp³-hybridized carbons (Fsp3) is 0.500. The van der Waals surface area contributed by atoms with Crippen LogP contribution in [0.4, 0.5) is 0 Å². The summed E-state index contributed by atoms with van der Waals surface area (Å²) in [5.41, 5.74) is 2.58. The molecule has 0 fully saturated rings. The maximum Gasteiger partial charge on any atom is 0.335 e. The lowest BCUT2D eigenvalue weighted by molar-refractivity contribution is 0.158. The molecule has 1 heterocycles. The van der Waals surface area contributed by atoms with Crippen LogP contribution in [-0.4, -0.2) is 26.9 Å². The van der Waals surface area contributed by atoms with Crippen LogP contribution in [0, 0.1) is 0 Å². The van der Waals surface area contributed by atoms with Gasteiger partial charge >= 0.3 is 7.60 Å². The lowest BCUT2D eigenvalue weighted by Crippen LogP contribution is -1.99. The summed E-state index contributed by atoms with van der Waals surface area (Å²) in [5.74, 6) is -1.05. The highest BCUT2D eigenvalue weighted by molar-refractivity contribution is 7.72. The molecular formula is C16H26O6P2S. The summed E-state index contributed by atoms with van der Waals surface area (Å²) in [7, 11) is -8.52. The van der Waals surface area contributed by atoms with Crippen LogP contribution in [0.15, 0.2) is 29.4 Å². The van der Waals surface area contributed by atoms with Crippen LogP contribution in [0.2, 0.25) is 0 Å². The molecule has 0 aliphatic carbocycles. The summed E-state index contributed by atoms with van der Waals surface area (Å²) in [6, 6.07) is 3.84. The molecule has 0 aromatic carbocycles. The fourth-order valence-electron chi connectivity index (χ4n) is 2.07. The Bertz CT molecular complexity index is 712. The second-order valence-corrected chi connectivity index (χ2v) is 11.9. The molecule has 1 unspecified atom stereocenters. The van der Waals surface area contributed by atoms with Crippen LogP contribution in [0.5, 0.6) is 0 Å². The van der Waals surface area contributed by atoms with E-state index in [1.807, 2.05) is 12.1 Å². The first-order chi connectivity index (χ1) is 11.5. The first kappa shape index (κ1) is 22.5. The van der Waals surface area contributed by atoms with Gasteiger partial charge in [0.1, 0.15) is 12.3 Å². The van der Waals surface area contributed by atoms with E-state index in [2.05, 4.69) is 32.9 Å². The molecule has 0 bridgehead atoms. The smallest absolute Gasteiger partial charge is 0.335 e. The molecule has 1 rings (SSSR count). The molecule has 0 aliphatic heterocycles. The monoisotopic (exact) mass is 408 g/mol. The van der Waals surface area contributed by atoms with E-state index in [-0.39, 0.29) is 6.61 Å². The van der Waals surface area contributed by atoms with Crippen LogP contribution in [-0.2, 0) is 20.5 Å². The molecule has 1 atom stereocenters. The quantitative estimate of drug-likeness (QED) is 0.380. The lowest BCUT2D eigenvalue weighted by atomic mass is 10.1. The molecule has 1 aromatic rings. The van der Waals surface area contributed by atoms with Gasteiger partial charge in [-0.1, -0.05) is 17.2 Å². The Morgan fingerprint density at radius 3 is 2.48 bits per heavy atom. The molecule has 0 amide bonds. The Hall–Kier alpha value is -0.520. The minimum Gasteiger partial charge on any atom is -0.366 e. The molecule has 0 aliphatic rings. The van der Waals surface area contributed by atoms with Gasteiger partial charge in [0.15, 0.2) is 0 Å². The third-order valence-electron chi connectivity index (χ3n) is 3.10. The van der Waals surface area contributed by atoms with Gasteiger partial charge in [0.05, 0.1) is 6.61 Å². The molecule has 142 valence electrons. The van der Waals surface area contributed by atoms with Crippen molar-refractivity contribution < 1.29 is 28.5 Å². The Kier molecular flexibility index (Phi) is 8.99. The van der Waals surface area contributed by atoms with Crippen LogP contribution in [0.25, 0.3) is 6.08 Å². The second-order valence-electron chi connectivity index (χ2n) is 6.24. The average molecular weight is 408 g/mol. The minimum absolute atomic E-state index is 0.140. The highest BCUT2D eigenvalue weighted by Crippen LogP contribution is 2.54. The Balaban J connectivity index is 2.49. The third-order valence-corrected chi connectivity index (χ3v) is 7.94. The first-order valence-corrected chi connectivity index (χ1v) is 12.4. The zero-order chi connectivity index (χ0) is 19.1. The summed E-state index contributed by atoms with van der Waals surface area (Å²) < 4.78 is 27.6. The van der Waals surface area contributed by atoms with Gasteiger partial charge in [-0.3, -0.25) is 9.13 Å². The van der Waals surface area contributed by atoms with Crippen LogP contribution in [0.3, 0.4) is 0 Å². The molecular weight excluding hydrogens is 382 g/mol. The maximum atomic E-state index is 11.6. The topological polar surface area (TPSA) is 104 Å². The standard InChI is InChI=1S/C16H26O6P2S/c1-13(2)5-4-6-14(3)9-15-7-8-16(25-15)10-22-11-23(17,18)12-24(19,20)21/h5,7-9H,4,6,10-12H2,1-3H3,(H,17,18)(H2,19,20,21). The van der Waals surface area contributed by atoms with E-state index in [1.165, 1.54) is 22.5 Å². The largest absolute Gasteiger partial charge is 0.366 e. The average Bonchev–Trinajstić information content (AvgIpc) is 2.82. The number of ether oxygens (including phenoxy) is 1. The predicted molar refractivity (Wildman–Crippen MR) is 103 cm³/mol. The van der Waals surface area contributed by atoms with Gasteiger partial charge in [0.25, 0.3) is 0 Å². The van der Waals surface area contributed by atoms with E-state index < -0.39 is 27.2 Å². The van der Waals surface area contributed by atoms with E-state index in [9.17, 15) is 14.0 Å². The zero-order valence-corrected chi connectivity index (χ0v) is 17.3. The van der Waals surface area contributed by atoms with Gasteiger partial charge in [0, 0.05) is 9.75 Å². The van der Waals surface area contributed by atoms with Crippen molar-refractivity contribution in [2.75, 3.05) is 12.3 Å². The summed E-state index contributed by atoms with van der Waals surface area (Å²) in [4.78, 5) is 29.0. The second kappa shape index (κ2) is 9.98. The highest BCUT2D eigenvalue weighted by atomic mass is 32.1. The van der Waals surface area contributed by atoms with E-state index >= 15 is 0 Å². The number of allylic oxidation sites excluding steroid dienone is 3. The number of hydrogen-bond donors (Lipinski definition) is 3. The van der Waals surface area contributed by atoms with Gasteiger partial charge < -0.3 is 19.4 Å². The summed E-state index contributed by atoms with van der Waals surface area (Å²) in [6.45, 7) is 6.38. The highest BCUT2D eigenvalue weighted by Gasteiger charge is 2.29. The minimum atomic E-state index is -4.53. The van der Waals surface area contributed by atoms with Crippen LogP contribution in [0.1, 0.15) is 43.4 Å². The van der Waals surface area contributed by atoms with Crippen molar-refractivity contribution in [1.29, 1.82) is 0 Å². The van der Waals surface area contributed by atoms with E-state index in [4.69, 9.17) is 14.5 Å². The summed E-state index contributed by atoms with van der Waals surface area (Å²) in [6.07, 6.45) is 5.75. The molecule has 3 N–H and O–H groups in total. The molecule has 25 heavy (non-hydrogen) atoms. The van der Waals surface area contributed by atoms with E-state index in [1.54, 1.807) is 0 Å². The molecule has 0 spiro atoms. The number of rotatable bonds is 10. The lowest BCUT2D eigenvalue weighted by Gasteiger charge is -2.12. The molecule has 6 nitrogen and oxygen atoms in total. The van der Waals surface area contributed by atoms with Crippen molar-refractivity contribution >= 4 is 32.4 Å². The van der Waals surface area contributed by atoms with Crippen LogP contribution < -0.4 is 0 Å². The molecule has 9 heteroatoms. The van der Waals surface area contributed by atoms with Gasteiger partial charge in [-0.15, -0.1) is 11.3 Å². The maximum absolute atomic E-state index is 11.6. The molecule has 0 radical (unpaired) electrons. The molecule has 1 aromatic heterocycles. The van der Waals surface area contributed by atoms with Crippen molar-refractivity contribution in [3.05, 3.63) is 39.1 Å². The van der Waals surface area contributed by atoms with Crippen molar-refractivity contribution in [3.8, 4) is 0 Å². The van der Waals surface area contributed by atoms with Gasteiger partial charge in [-0.05, 0) is 51.8 Å². The van der Waals surface area contributed by atoms with Crippen molar-refractivity contribution in [2.24, 2.45) is 0 Å². The van der Waals surface area contributed by atoms with Gasteiger partial charge in [0.2, 0.25) is 7.37 Å². The zero-order valence-electron chi connectivity index (χ0n) is 14.7. The molecule has 0 saturated carbocycles. The Labute approximate surface area is 152 Å². The fourth-order valence-corrected chi connectivity index (χ4v) is 6.05.